The van der Waals surface area contributed by atoms with Crippen LogP contribution in [0.1, 0.15) is 5.69 Å². The third-order valence-corrected chi connectivity index (χ3v) is 3.61. The molecule has 1 saturated heterocycles. The number of anilines is 2. The van der Waals surface area contributed by atoms with Crippen LogP contribution in [0.15, 0.2) is 30.6 Å². The van der Waals surface area contributed by atoms with E-state index in [1.165, 1.54) is 18.5 Å². The van der Waals surface area contributed by atoms with Crippen molar-refractivity contribution < 1.29 is 8.78 Å². The second-order valence-corrected chi connectivity index (χ2v) is 4.91. The van der Waals surface area contributed by atoms with E-state index in [0.29, 0.717) is 32.0 Å². The molecule has 0 radical (unpaired) electrons. The van der Waals surface area contributed by atoms with Crippen LogP contribution in [0.2, 0.25) is 0 Å². The predicted molar refractivity (Wildman–Crippen MR) is 77.5 cm³/mol. The molecular formula is C15H13F2N5. The highest BCUT2D eigenvalue weighted by atomic mass is 19.1. The third kappa shape index (κ3) is 2.68. The zero-order chi connectivity index (χ0) is 15.5. The highest BCUT2D eigenvalue weighted by Crippen LogP contribution is 2.23. The van der Waals surface area contributed by atoms with Crippen LogP contribution in [0.25, 0.3) is 0 Å². The number of halogens is 2. The first kappa shape index (κ1) is 14.2. The fourth-order valence-electron chi connectivity index (χ4n) is 2.53. The third-order valence-electron chi connectivity index (χ3n) is 3.61. The summed E-state index contributed by atoms with van der Waals surface area (Å²) in [6, 6.07) is 5.45. The van der Waals surface area contributed by atoms with Gasteiger partial charge in [-0.05, 0) is 12.1 Å². The minimum Gasteiger partial charge on any atom is -0.366 e. The summed E-state index contributed by atoms with van der Waals surface area (Å²) in [7, 11) is 0. The van der Waals surface area contributed by atoms with Crippen molar-refractivity contribution in [1.29, 1.82) is 5.26 Å². The minimum absolute atomic E-state index is 0.263. The molecule has 0 N–H and O–H groups in total. The van der Waals surface area contributed by atoms with Crippen LogP contribution < -0.4 is 9.80 Å². The summed E-state index contributed by atoms with van der Waals surface area (Å²) in [5, 5.41) is 9.07. The Morgan fingerprint density at radius 3 is 2.41 bits per heavy atom. The summed E-state index contributed by atoms with van der Waals surface area (Å²) in [6.45, 7) is 2.15. The van der Waals surface area contributed by atoms with Crippen molar-refractivity contribution in [1.82, 2.24) is 9.97 Å². The second kappa shape index (κ2) is 5.93. The molecule has 0 atom stereocenters. The Balaban J connectivity index is 1.75. The van der Waals surface area contributed by atoms with Crippen molar-refractivity contribution in [2.24, 2.45) is 0 Å². The molecule has 1 aliphatic rings. The lowest BCUT2D eigenvalue weighted by molar-refractivity contribution is 0.579. The van der Waals surface area contributed by atoms with Crippen molar-refractivity contribution in [3.63, 3.8) is 0 Å². The van der Waals surface area contributed by atoms with Crippen LogP contribution in [-0.2, 0) is 0 Å². The Morgan fingerprint density at radius 2 is 1.68 bits per heavy atom. The van der Waals surface area contributed by atoms with Gasteiger partial charge < -0.3 is 9.80 Å². The maximum atomic E-state index is 13.8. The number of hydrogen-bond acceptors (Lipinski definition) is 5. The van der Waals surface area contributed by atoms with Crippen LogP contribution >= 0.6 is 0 Å². The number of aromatic nitrogens is 2. The molecule has 2 heterocycles. The fraction of sp³-hybridized carbons (Fsp3) is 0.267. The van der Waals surface area contributed by atoms with Crippen LogP contribution in [0.4, 0.5) is 20.3 Å². The lowest BCUT2D eigenvalue weighted by Gasteiger charge is -2.36. The summed E-state index contributed by atoms with van der Waals surface area (Å²) < 4.78 is 27.1. The standard InChI is InChI=1S/C15H13F2N5/c16-11-1-2-12(17)14(9-11)21-5-7-22(8-6-21)15-13(10-18)19-3-4-20-15/h1-4,9H,5-8H2. The van der Waals surface area contributed by atoms with Gasteiger partial charge in [-0.2, -0.15) is 5.26 Å². The van der Waals surface area contributed by atoms with Crippen LogP contribution in [0, 0.1) is 23.0 Å². The smallest absolute Gasteiger partial charge is 0.183 e. The lowest BCUT2D eigenvalue weighted by atomic mass is 10.2. The molecule has 112 valence electrons. The Morgan fingerprint density at radius 1 is 1.00 bits per heavy atom. The van der Waals surface area contributed by atoms with E-state index in [-0.39, 0.29) is 11.4 Å². The first-order chi connectivity index (χ1) is 10.7. The first-order valence-corrected chi connectivity index (χ1v) is 6.85. The van der Waals surface area contributed by atoms with E-state index in [4.69, 9.17) is 5.26 Å². The van der Waals surface area contributed by atoms with Crippen LogP contribution in [0.3, 0.4) is 0 Å². The van der Waals surface area contributed by atoms with Crippen molar-refractivity contribution in [3.8, 4) is 6.07 Å². The molecule has 0 saturated carbocycles. The molecule has 0 spiro atoms. The highest BCUT2D eigenvalue weighted by Gasteiger charge is 2.22. The van der Waals surface area contributed by atoms with Gasteiger partial charge in [0.2, 0.25) is 0 Å². The molecule has 0 amide bonds. The molecule has 3 rings (SSSR count). The number of benzene rings is 1. The molecule has 0 aliphatic carbocycles. The van der Waals surface area contributed by atoms with Crippen molar-refractivity contribution in [2.75, 3.05) is 36.0 Å². The van der Waals surface area contributed by atoms with Gasteiger partial charge in [-0.3, -0.25) is 0 Å². The van der Waals surface area contributed by atoms with Gasteiger partial charge in [0.25, 0.3) is 0 Å². The highest BCUT2D eigenvalue weighted by molar-refractivity contribution is 5.53. The Hall–Kier alpha value is -2.75. The summed E-state index contributed by atoms with van der Waals surface area (Å²) in [6.07, 6.45) is 3.01. The quantitative estimate of drug-likeness (QED) is 0.848. The van der Waals surface area contributed by atoms with Crippen molar-refractivity contribution in [2.45, 2.75) is 0 Å². The van der Waals surface area contributed by atoms with E-state index in [0.717, 1.165) is 12.1 Å². The molecule has 1 aliphatic heterocycles. The molecule has 1 aromatic heterocycles. The Bertz CT molecular complexity index is 720. The average molecular weight is 301 g/mol. The Kier molecular flexibility index (Phi) is 3.83. The summed E-state index contributed by atoms with van der Waals surface area (Å²) in [5.41, 5.74) is 0.534. The van der Waals surface area contributed by atoms with E-state index in [1.54, 1.807) is 4.90 Å². The number of nitriles is 1. The molecule has 5 nitrogen and oxygen atoms in total. The molecule has 1 fully saturated rings. The second-order valence-electron chi connectivity index (χ2n) is 4.91. The number of piperazine rings is 1. The molecule has 0 unspecified atom stereocenters. The van der Waals surface area contributed by atoms with Crippen LogP contribution in [-0.4, -0.2) is 36.1 Å². The molecule has 2 aromatic rings. The van der Waals surface area contributed by atoms with E-state index in [9.17, 15) is 8.78 Å². The lowest BCUT2D eigenvalue weighted by Crippen LogP contribution is -2.47. The van der Waals surface area contributed by atoms with Gasteiger partial charge in [0, 0.05) is 44.6 Å². The van der Waals surface area contributed by atoms with Crippen LogP contribution in [0.5, 0.6) is 0 Å². The van der Waals surface area contributed by atoms with Gasteiger partial charge >= 0.3 is 0 Å². The van der Waals surface area contributed by atoms with Gasteiger partial charge in [-0.1, -0.05) is 0 Å². The molecule has 1 aromatic carbocycles. The van der Waals surface area contributed by atoms with Crippen molar-refractivity contribution >= 4 is 11.5 Å². The number of hydrogen-bond donors (Lipinski definition) is 0. The van der Waals surface area contributed by atoms with E-state index in [1.807, 2.05) is 11.0 Å². The topological polar surface area (TPSA) is 56.1 Å². The van der Waals surface area contributed by atoms with E-state index < -0.39 is 11.6 Å². The SMILES string of the molecule is N#Cc1nccnc1N1CCN(c2cc(F)ccc2F)CC1. The normalized spacial score (nSPS) is 14.8. The first-order valence-electron chi connectivity index (χ1n) is 6.85. The Labute approximate surface area is 126 Å². The molecule has 22 heavy (non-hydrogen) atoms. The molecule has 0 bridgehead atoms. The minimum atomic E-state index is -0.459. The van der Waals surface area contributed by atoms with E-state index in [2.05, 4.69) is 9.97 Å². The predicted octanol–water partition coefficient (Wildman–Crippen LogP) is 1.95. The van der Waals surface area contributed by atoms with Gasteiger partial charge in [0.1, 0.15) is 17.7 Å². The zero-order valence-electron chi connectivity index (χ0n) is 11.7. The molecular weight excluding hydrogens is 288 g/mol. The monoisotopic (exact) mass is 301 g/mol. The van der Waals surface area contributed by atoms with Gasteiger partial charge in [0.05, 0.1) is 5.69 Å². The molecule has 7 heteroatoms. The van der Waals surface area contributed by atoms with Gasteiger partial charge in [0.15, 0.2) is 11.5 Å². The van der Waals surface area contributed by atoms with E-state index >= 15 is 0 Å². The maximum Gasteiger partial charge on any atom is 0.183 e. The number of rotatable bonds is 2. The van der Waals surface area contributed by atoms with Crippen molar-refractivity contribution in [3.05, 3.63) is 47.9 Å². The van der Waals surface area contributed by atoms with Gasteiger partial charge in [-0.25, -0.2) is 18.7 Å². The number of nitrogens with zero attached hydrogens (tertiary/aromatic N) is 5. The summed E-state index contributed by atoms with van der Waals surface area (Å²) in [4.78, 5) is 11.9. The summed E-state index contributed by atoms with van der Waals surface area (Å²) >= 11 is 0. The van der Waals surface area contributed by atoms with Gasteiger partial charge in [-0.15, -0.1) is 0 Å². The zero-order valence-corrected chi connectivity index (χ0v) is 11.7. The largest absolute Gasteiger partial charge is 0.366 e. The fourth-order valence-corrected chi connectivity index (χ4v) is 2.53. The average Bonchev–Trinajstić information content (AvgIpc) is 2.57. The maximum absolute atomic E-state index is 13.8. The summed E-state index contributed by atoms with van der Waals surface area (Å²) in [5.74, 6) is -0.365.